The Morgan fingerprint density at radius 3 is 2.61 bits per heavy atom. The van der Waals surface area contributed by atoms with Gasteiger partial charge in [-0.3, -0.25) is 9.78 Å². The van der Waals surface area contributed by atoms with E-state index >= 15 is 0 Å². The first-order valence-electron chi connectivity index (χ1n) is 6.86. The van der Waals surface area contributed by atoms with E-state index in [-0.39, 0.29) is 12.0 Å². The van der Waals surface area contributed by atoms with Crippen LogP contribution >= 0.6 is 23.2 Å². The van der Waals surface area contributed by atoms with Gasteiger partial charge in [0.15, 0.2) is 5.75 Å². The number of halogens is 2. The zero-order valence-corrected chi connectivity index (χ0v) is 14.1. The van der Waals surface area contributed by atoms with E-state index in [1.54, 1.807) is 30.5 Å². The summed E-state index contributed by atoms with van der Waals surface area (Å²) in [5.74, 6) is 0.0752. The van der Waals surface area contributed by atoms with Crippen molar-refractivity contribution in [2.45, 2.75) is 20.0 Å². The van der Waals surface area contributed by atoms with Crippen LogP contribution in [0.2, 0.25) is 10.0 Å². The fourth-order valence-electron chi connectivity index (χ4n) is 1.73. The molecule has 0 aliphatic rings. The fourth-order valence-corrected chi connectivity index (χ4v) is 2.32. The zero-order valence-electron chi connectivity index (χ0n) is 12.6. The van der Waals surface area contributed by atoms with Gasteiger partial charge < -0.3 is 4.74 Å². The van der Waals surface area contributed by atoms with Crippen molar-refractivity contribution < 1.29 is 9.53 Å². The maximum atomic E-state index is 11.8. The van der Waals surface area contributed by atoms with Gasteiger partial charge >= 0.3 is 0 Å². The van der Waals surface area contributed by atoms with Gasteiger partial charge in [0, 0.05) is 12.4 Å². The molecule has 7 heteroatoms. The highest BCUT2D eigenvalue weighted by atomic mass is 35.5. The summed E-state index contributed by atoms with van der Waals surface area (Å²) < 4.78 is 5.55. The quantitative estimate of drug-likeness (QED) is 0.655. The summed E-state index contributed by atoms with van der Waals surface area (Å²) in [5, 5.41) is 4.64. The maximum absolute atomic E-state index is 11.8. The number of carbonyl (C=O) groups excluding carboxylic acids is 1. The molecule has 5 nitrogen and oxygen atoms in total. The van der Waals surface area contributed by atoms with Gasteiger partial charge in [-0.15, -0.1) is 0 Å². The van der Waals surface area contributed by atoms with Crippen molar-refractivity contribution in [1.82, 2.24) is 10.4 Å². The summed E-state index contributed by atoms with van der Waals surface area (Å²) in [6, 6.07) is 6.63. The van der Waals surface area contributed by atoms with Crippen molar-refractivity contribution in [1.29, 1.82) is 0 Å². The number of hydrogen-bond donors (Lipinski definition) is 1. The summed E-state index contributed by atoms with van der Waals surface area (Å²) in [6.07, 6.45) is 4.45. The molecule has 1 heterocycles. The van der Waals surface area contributed by atoms with Crippen LogP contribution in [0.1, 0.15) is 29.8 Å². The first-order chi connectivity index (χ1) is 11.0. The van der Waals surface area contributed by atoms with Gasteiger partial charge in [0.2, 0.25) is 0 Å². The molecule has 0 radical (unpaired) electrons. The Balaban J connectivity index is 2.07. The van der Waals surface area contributed by atoms with Crippen LogP contribution in [0.5, 0.6) is 5.75 Å². The number of amides is 1. The van der Waals surface area contributed by atoms with Crippen LogP contribution in [0.4, 0.5) is 0 Å². The molecule has 0 spiro atoms. The summed E-state index contributed by atoms with van der Waals surface area (Å²) in [4.78, 5) is 15.7. The molecule has 0 aliphatic heterocycles. The number of benzene rings is 1. The van der Waals surface area contributed by atoms with E-state index in [2.05, 4.69) is 15.5 Å². The Morgan fingerprint density at radius 1 is 1.35 bits per heavy atom. The molecule has 120 valence electrons. The second-order valence-corrected chi connectivity index (χ2v) is 5.74. The molecule has 1 N–H and O–H groups in total. The Hall–Kier alpha value is -2.11. The number of carbonyl (C=O) groups is 1. The summed E-state index contributed by atoms with van der Waals surface area (Å²) >= 11 is 12.3. The van der Waals surface area contributed by atoms with Crippen LogP contribution < -0.4 is 10.2 Å². The molecule has 0 saturated heterocycles. The fraction of sp³-hybridized carbons (Fsp3) is 0.188. The monoisotopic (exact) mass is 351 g/mol. The molecule has 1 aromatic heterocycles. The zero-order chi connectivity index (χ0) is 16.8. The number of ether oxygens (including phenoxy) is 1. The molecule has 0 bridgehead atoms. The molecule has 2 rings (SSSR count). The minimum Gasteiger partial charge on any atom is -0.488 e. The highest BCUT2D eigenvalue weighted by Gasteiger charge is 2.10. The second kappa shape index (κ2) is 7.94. The second-order valence-electron chi connectivity index (χ2n) is 4.92. The Labute approximate surface area is 144 Å². The number of rotatable bonds is 5. The third-order valence-electron chi connectivity index (χ3n) is 2.68. The summed E-state index contributed by atoms with van der Waals surface area (Å²) in [7, 11) is 0. The standard InChI is InChI=1S/C16H15Cl2N3O2/c1-10(2)23-15-13(17)6-11(7-14(15)18)8-20-21-16(22)12-4-3-5-19-9-12/h3-10H,1-2H3,(H,21,22)/b20-8-. The predicted octanol–water partition coefficient (Wildman–Crippen LogP) is 3.94. The van der Waals surface area contributed by atoms with Gasteiger partial charge in [0.05, 0.1) is 27.9 Å². The van der Waals surface area contributed by atoms with Crippen LogP contribution in [0, 0.1) is 0 Å². The Kier molecular flexibility index (Phi) is 5.96. The molecule has 1 amide bonds. The van der Waals surface area contributed by atoms with Gasteiger partial charge in [0.1, 0.15) is 0 Å². The number of hydrazone groups is 1. The number of aromatic nitrogens is 1. The summed E-state index contributed by atoms with van der Waals surface area (Å²) in [6.45, 7) is 3.77. The van der Waals surface area contributed by atoms with Crippen molar-refractivity contribution in [3.63, 3.8) is 0 Å². The minimum absolute atomic E-state index is 0.0386. The SMILES string of the molecule is CC(C)Oc1c(Cl)cc(/C=N\NC(=O)c2cccnc2)cc1Cl. The molecule has 0 unspecified atom stereocenters. The average Bonchev–Trinajstić information content (AvgIpc) is 2.51. The molecule has 23 heavy (non-hydrogen) atoms. The number of hydrogen-bond acceptors (Lipinski definition) is 4. The lowest BCUT2D eigenvalue weighted by Gasteiger charge is -2.13. The van der Waals surface area contributed by atoms with Crippen LogP contribution in [-0.2, 0) is 0 Å². The maximum Gasteiger partial charge on any atom is 0.272 e. The van der Waals surface area contributed by atoms with Crippen molar-refractivity contribution in [3.05, 3.63) is 57.8 Å². The van der Waals surface area contributed by atoms with Crippen LogP contribution in [0.15, 0.2) is 41.8 Å². The first kappa shape index (κ1) is 17.2. The van der Waals surface area contributed by atoms with E-state index in [0.29, 0.717) is 26.9 Å². The highest BCUT2D eigenvalue weighted by Crippen LogP contribution is 2.34. The minimum atomic E-state index is -0.355. The molecule has 1 aromatic carbocycles. The van der Waals surface area contributed by atoms with Gasteiger partial charge in [-0.05, 0) is 43.7 Å². The van der Waals surface area contributed by atoms with E-state index < -0.39 is 0 Å². The van der Waals surface area contributed by atoms with E-state index in [1.807, 2.05) is 13.8 Å². The Bertz CT molecular complexity index is 696. The lowest BCUT2D eigenvalue weighted by Crippen LogP contribution is -2.17. The van der Waals surface area contributed by atoms with E-state index in [0.717, 1.165) is 0 Å². The molecule has 0 saturated carbocycles. The van der Waals surface area contributed by atoms with E-state index in [9.17, 15) is 4.79 Å². The van der Waals surface area contributed by atoms with E-state index in [1.165, 1.54) is 12.4 Å². The molecule has 0 atom stereocenters. The van der Waals surface area contributed by atoms with Crippen LogP contribution in [0.3, 0.4) is 0 Å². The van der Waals surface area contributed by atoms with Crippen molar-refractivity contribution in [2.75, 3.05) is 0 Å². The molecule has 2 aromatic rings. The van der Waals surface area contributed by atoms with Crippen molar-refractivity contribution in [3.8, 4) is 5.75 Å². The molecular weight excluding hydrogens is 337 g/mol. The van der Waals surface area contributed by atoms with Crippen LogP contribution in [0.25, 0.3) is 0 Å². The normalized spacial score (nSPS) is 11.0. The first-order valence-corrected chi connectivity index (χ1v) is 7.62. The third kappa shape index (κ3) is 4.94. The summed E-state index contributed by atoms with van der Waals surface area (Å²) in [5.41, 5.74) is 3.47. The lowest BCUT2D eigenvalue weighted by atomic mass is 10.2. The van der Waals surface area contributed by atoms with Gasteiger partial charge in [-0.25, -0.2) is 5.43 Å². The smallest absolute Gasteiger partial charge is 0.272 e. The van der Waals surface area contributed by atoms with Crippen molar-refractivity contribution >= 4 is 35.3 Å². The molecular formula is C16H15Cl2N3O2. The van der Waals surface area contributed by atoms with Gasteiger partial charge in [0.25, 0.3) is 5.91 Å². The van der Waals surface area contributed by atoms with Gasteiger partial charge in [-0.2, -0.15) is 5.10 Å². The lowest BCUT2D eigenvalue weighted by molar-refractivity contribution is 0.0955. The predicted molar refractivity (Wildman–Crippen MR) is 91.5 cm³/mol. The topological polar surface area (TPSA) is 63.6 Å². The van der Waals surface area contributed by atoms with E-state index in [4.69, 9.17) is 27.9 Å². The number of pyridine rings is 1. The molecule has 0 fully saturated rings. The largest absolute Gasteiger partial charge is 0.488 e. The van der Waals surface area contributed by atoms with Crippen molar-refractivity contribution in [2.24, 2.45) is 5.10 Å². The Morgan fingerprint density at radius 2 is 2.04 bits per heavy atom. The van der Waals surface area contributed by atoms with Gasteiger partial charge in [-0.1, -0.05) is 23.2 Å². The highest BCUT2D eigenvalue weighted by molar-refractivity contribution is 6.37. The molecule has 0 aliphatic carbocycles. The third-order valence-corrected chi connectivity index (χ3v) is 3.24. The van der Waals surface area contributed by atoms with Crippen LogP contribution in [-0.4, -0.2) is 23.2 Å². The number of nitrogens with one attached hydrogen (secondary N) is 1. The average molecular weight is 352 g/mol. The number of nitrogens with zero attached hydrogens (tertiary/aromatic N) is 2.